The number of nitrogens with two attached hydrogens (primary N) is 1. The first-order valence-corrected chi connectivity index (χ1v) is 5.48. The number of carbonyl (C=O) groups excluding carboxylic acids is 1. The molecule has 1 aromatic rings. The minimum absolute atomic E-state index is 0.151. The lowest BCUT2D eigenvalue weighted by Crippen LogP contribution is -2.39. The largest absolute Gasteiger partial charge is 0.399 e. The van der Waals surface area contributed by atoms with Gasteiger partial charge >= 0.3 is 6.03 Å². The number of nitrogen functional groups attached to an aromatic ring is 1. The maximum Gasteiger partial charge on any atom is 0.318 e. The van der Waals surface area contributed by atoms with Gasteiger partial charge in [0.05, 0.1) is 6.54 Å². The van der Waals surface area contributed by atoms with Gasteiger partial charge in [0.15, 0.2) is 0 Å². The number of anilines is 1. The van der Waals surface area contributed by atoms with E-state index in [2.05, 4.69) is 11.2 Å². The molecule has 0 fully saturated rings. The molecule has 0 unspecified atom stereocenters. The summed E-state index contributed by atoms with van der Waals surface area (Å²) >= 11 is 0. The number of nitrogens with one attached hydrogen (secondary N) is 1. The van der Waals surface area contributed by atoms with Crippen molar-refractivity contribution in [1.82, 2.24) is 10.2 Å². The Morgan fingerprint density at radius 3 is 2.65 bits per heavy atom. The summed E-state index contributed by atoms with van der Waals surface area (Å²) < 4.78 is 0. The molecule has 17 heavy (non-hydrogen) atoms. The fraction of sp³-hybridized carbons (Fsp3) is 0.308. The second kappa shape index (κ2) is 6.44. The van der Waals surface area contributed by atoms with Crippen LogP contribution in [0.15, 0.2) is 24.3 Å². The summed E-state index contributed by atoms with van der Waals surface area (Å²) in [5.74, 6) is 2.48. The summed E-state index contributed by atoms with van der Waals surface area (Å²) in [6, 6.07) is 7.24. The van der Waals surface area contributed by atoms with E-state index in [0.29, 0.717) is 18.8 Å². The van der Waals surface area contributed by atoms with Gasteiger partial charge in [0, 0.05) is 18.8 Å². The van der Waals surface area contributed by atoms with Crippen LogP contribution in [0.4, 0.5) is 10.5 Å². The maximum absolute atomic E-state index is 11.7. The number of hydrogen-bond acceptors (Lipinski definition) is 2. The first kappa shape index (κ1) is 12.9. The van der Waals surface area contributed by atoms with Crippen molar-refractivity contribution in [1.29, 1.82) is 0 Å². The molecule has 0 aliphatic heterocycles. The van der Waals surface area contributed by atoms with E-state index in [4.69, 9.17) is 12.2 Å². The van der Waals surface area contributed by atoms with Gasteiger partial charge in [0.2, 0.25) is 0 Å². The minimum atomic E-state index is -0.151. The lowest BCUT2D eigenvalue weighted by Gasteiger charge is -2.20. The average Bonchev–Trinajstić information content (AvgIpc) is 2.31. The minimum Gasteiger partial charge on any atom is -0.399 e. The smallest absolute Gasteiger partial charge is 0.318 e. The van der Waals surface area contributed by atoms with Crippen LogP contribution in [-0.2, 0) is 6.54 Å². The summed E-state index contributed by atoms with van der Waals surface area (Å²) in [5.41, 5.74) is 7.30. The molecular formula is C13H17N3O. The normalized spacial score (nSPS) is 9.41. The molecule has 0 heterocycles. The first-order valence-electron chi connectivity index (χ1n) is 5.48. The van der Waals surface area contributed by atoms with Crippen LogP contribution < -0.4 is 11.1 Å². The fourth-order valence-corrected chi connectivity index (χ4v) is 1.42. The van der Waals surface area contributed by atoms with E-state index in [1.165, 1.54) is 0 Å². The van der Waals surface area contributed by atoms with E-state index in [1.54, 1.807) is 17.0 Å². The van der Waals surface area contributed by atoms with E-state index < -0.39 is 0 Å². The van der Waals surface area contributed by atoms with Gasteiger partial charge in [-0.1, -0.05) is 18.1 Å². The predicted molar refractivity (Wildman–Crippen MR) is 69.2 cm³/mol. The first-order chi connectivity index (χ1) is 8.17. The maximum atomic E-state index is 11.7. The lowest BCUT2D eigenvalue weighted by atomic mass is 10.2. The Labute approximate surface area is 102 Å². The van der Waals surface area contributed by atoms with E-state index in [-0.39, 0.29) is 12.6 Å². The Hall–Kier alpha value is -2.15. The highest BCUT2D eigenvalue weighted by atomic mass is 16.2. The molecule has 0 saturated heterocycles. The molecule has 1 aromatic carbocycles. The molecule has 0 atom stereocenters. The highest BCUT2D eigenvalue weighted by Gasteiger charge is 2.11. The monoisotopic (exact) mass is 231 g/mol. The van der Waals surface area contributed by atoms with E-state index >= 15 is 0 Å². The van der Waals surface area contributed by atoms with Gasteiger partial charge in [-0.3, -0.25) is 0 Å². The van der Waals surface area contributed by atoms with Crippen molar-refractivity contribution < 1.29 is 4.79 Å². The second-order valence-corrected chi connectivity index (χ2v) is 3.64. The lowest BCUT2D eigenvalue weighted by molar-refractivity contribution is 0.202. The molecule has 2 amide bonds. The molecule has 0 saturated carbocycles. The topological polar surface area (TPSA) is 58.4 Å². The number of carbonyl (C=O) groups is 1. The number of nitrogens with zero attached hydrogens (tertiary/aromatic N) is 1. The van der Waals surface area contributed by atoms with Gasteiger partial charge in [-0.25, -0.2) is 4.79 Å². The van der Waals surface area contributed by atoms with E-state index in [9.17, 15) is 4.79 Å². The van der Waals surface area contributed by atoms with Gasteiger partial charge < -0.3 is 16.0 Å². The van der Waals surface area contributed by atoms with Crippen molar-refractivity contribution in [2.75, 3.05) is 18.8 Å². The van der Waals surface area contributed by atoms with Crippen molar-refractivity contribution in [3.8, 4) is 12.3 Å². The van der Waals surface area contributed by atoms with Crippen LogP contribution in [0.3, 0.4) is 0 Å². The molecule has 90 valence electrons. The predicted octanol–water partition coefficient (Wildman–Crippen LogP) is 1.43. The van der Waals surface area contributed by atoms with Crippen LogP contribution in [-0.4, -0.2) is 24.0 Å². The zero-order valence-electron chi connectivity index (χ0n) is 9.94. The SMILES string of the molecule is C#CCN(Cc1ccc(N)cc1)C(=O)NCC. The zero-order valence-corrected chi connectivity index (χ0v) is 9.94. The van der Waals surface area contributed by atoms with Crippen LogP contribution in [0.25, 0.3) is 0 Å². The number of benzene rings is 1. The third-order valence-corrected chi connectivity index (χ3v) is 2.25. The Morgan fingerprint density at radius 1 is 1.47 bits per heavy atom. The van der Waals surface area contributed by atoms with Gasteiger partial charge in [-0.2, -0.15) is 0 Å². The Kier molecular flexibility index (Phi) is 4.89. The number of rotatable bonds is 4. The van der Waals surface area contributed by atoms with Crippen molar-refractivity contribution in [2.45, 2.75) is 13.5 Å². The second-order valence-electron chi connectivity index (χ2n) is 3.64. The average molecular weight is 231 g/mol. The molecule has 4 heteroatoms. The van der Waals surface area contributed by atoms with Gasteiger partial charge in [-0.05, 0) is 24.6 Å². The highest BCUT2D eigenvalue weighted by molar-refractivity contribution is 5.74. The quantitative estimate of drug-likeness (QED) is 0.608. The molecule has 4 nitrogen and oxygen atoms in total. The molecule has 3 N–H and O–H groups in total. The van der Waals surface area contributed by atoms with Gasteiger partial charge in [-0.15, -0.1) is 6.42 Å². The number of amides is 2. The van der Waals surface area contributed by atoms with Crippen molar-refractivity contribution in [3.05, 3.63) is 29.8 Å². The molecule has 0 bridgehead atoms. The van der Waals surface area contributed by atoms with E-state index in [0.717, 1.165) is 5.56 Å². The highest BCUT2D eigenvalue weighted by Crippen LogP contribution is 2.08. The standard InChI is InChI=1S/C13H17N3O/c1-3-9-16(13(17)15-4-2)10-11-5-7-12(14)8-6-11/h1,5-8H,4,9-10,14H2,2H3,(H,15,17). The van der Waals surface area contributed by atoms with E-state index in [1.807, 2.05) is 19.1 Å². The summed E-state index contributed by atoms with van der Waals surface area (Å²) in [4.78, 5) is 13.3. The number of terminal acetylenes is 1. The van der Waals surface area contributed by atoms with Crippen LogP contribution in [0.1, 0.15) is 12.5 Å². The Morgan fingerprint density at radius 2 is 2.12 bits per heavy atom. The Bertz CT molecular complexity index is 406. The molecular weight excluding hydrogens is 214 g/mol. The third kappa shape index (κ3) is 4.07. The van der Waals surface area contributed by atoms with Crippen molar-refractivity contribution in [2.24, 2.45) is 0 Å². The van der Waals surface area contributed by atoms with Crippen LogP contribution in [0.5, 0.6) is 0 Å². The number of hydrogen-bond donors (Lipinski definition) is 2. The third-order valence-electron chi connectivity index (χ3n) is 2.25. The fourth-order valence-electron chi connectivity index (χ4n) is 1.42. The number of urea groups is 1. The zero-order chi connectivity index (χ0) is 12.7. The molecule has 0 aromatic heterocycles. The summed E-state index contributed by atoms with van der Waals surface area (Å²) in [6.45, 7) is 3.23. The Balaban J connectivity index is 2.69. The molecule has 0 radical (unpaired) electrons. The summed E-state index contributed by atoms with van der Waals surface area (Å²) in [6.07, 6.45) is 5.25. The molecule has 0 aliphatic rings. The van der Waals surface area contributed by atoms with Crippen molar-refractivity contribution >= 4 is 11.7 Å². The molecule has 0 spiro atoms. The van der Waals surface area contributed by atoms with Crippen LogP contribution >= 0.6 is 0 Å². The molecule has 0 aliphatic carbocycles. The van der Waals surface area contributed by atoms with Crippen LogP contribution in [0, 0.1) is 12.3 Å². The van der Waals surface area contributed by atoms with Gasteiger partial charge in [0.25, 0.3) is 0 Å². The van der Waals surface area contributed by atoms with Crippen molar-refractivity contribution in [3.63, 3.8) is 0 Å². The van der Waals surface area contributed by atoms with Crippen LogP contribution in [0.2, 0.25) is 0 Å². The molecule has 1 rings (SSSR count). The summed E-state index contributed by atoms with van der Waals surface area (Å²) in [5, 5.41) is 2.73. The van der Waals surface area contributed by atoms with Gasteiger partial charge in [0.1, 0.15) is 0 Å². The summed E-state index contributed by atoms with van der Waals surface area (Å²) in [7, 11) is 0.